The Morgan fingerprint density at radius 2 is 1.61 bits per heavy atom. The fourth-order valence-electron chi connectivity index (χ4n) is 4.59. The molecule has 10 nitrogen and oxygen atoms in total. The van der Waals surface area contributed by atoms with Crippen LogP contribution in [0, 0.1) is 0 Å². The summed E-state index contributed by atoms with van der Waals surface area (Å²) in [6, 6.07) is 15.4. The van der Waals surface area contributed by atoms with Gasteiger partial charge >= 0.3 is 12.1 Å². The Morgan fingerprint density at radius 3 is 2.20 bits per heavy atom. The number of carbonyl (C=O) groups excluding carboxylic acids is 5. The van der Waals surface area contributed by atoms with Crippen molar-refractivity contribution in [2.24, 2.45) is 0 Å². The molecule has 0 aliphatic heterocycles. The molecular formula is C32H41N3O7S2. The van der Waals surface area contributed by atoms with Crippen molar-refractivity contribution >= 4 is 51.9 Å². The molecule has 1 aliphatic carbocycles. The zero-order valence-corrected chi connectivity index (χ0v) is 27.3. The summed E-state index contributed by atoms with van der Waals surface area (Å²) in [5.74, 6) is -1.33. The molecule has 0 saturated carbocycles. The van der Waals surface area contributed by atoms with Gasteiger partial charge in [-0.1, -0.05) is 104 Å². The van der Waals surface area contributed by atoms with E-state index in [1.807, 2.05) is 36.4 Å². The van der Waals surface area contributed by atoms with Crippen LogP contribution in [-0.4, -0.2) is 65.0 Å². The standard InChI is InChI=1S/C32H41N3O7S2/c1-5-28(37)35(21-36)42-29(38)17-7-6-12-18-33-30(39)27(20-43-44-32(2,3)4)34-31(40)41-19-26-24-15-10-8-13-22(24)23-14-9-11-16-25(23)26/h8-11,13-16,21,26-27H,5-7,12,17-20H2,1-4H3,(H,33,39)(H,34,40). The van der Waals surface area contributed by atoms with Crippen LogP contribution in [-0.2, 0) is 28.8 Å². The van der Waals surface area contributed by atoms with Crippen molar-refractivity contribution < 1.29 is 33.5 Å². The van der Waals surface area contributed by atoms with Crippen LogP contribution in [0.4, 0.5) is 4.79 Å². The molecule has 0 aromatic heterocycles. The fraction of sp³-hybridized carbons (Fsp3) is 0.469. The van der Waals surface area contributed by atoms with Crippen LogP contribution in [0.1, 0.15) is 76.8 Å². The molecule has 2 N–H and O–H groups in total. The molecule has 238 valence electrons. The molecule has 0 saturated heterocycles. The first-order chi connectivity index (χ1) is 21.0. The third kappa shape index (κ3) is 10.6. The maximum Gasteiger partial charge on any atom is 0.407 e. The van der Waals surface area contributed by atoms with Gasteiger partial charge in [0.15, 0.2) is 0 Å². The zero-order valence-electron chi connectivity index (χ0n) is 25.6. The van der Waals surface area contributed by atoms with Gasteiger partial charge in [0.1, 0.15) is 12.6 Å². The Morgan fingerprint density at radius 1 is 0.977 bits per heavy atom. The molecule has 0 heterocycles. The van der Waals surface area contributed by atoms with Crippen molar-refractivity contribution in [2.45, 2.75) is 76.5 Å². The second kappa shape index (κ2) is 17.1. The van der Waals surface area contributed by atoms with Gasteiger partial charge in [0.25, 0.3) is 12.3 Å². The Kier molecular flexibility index (Phi) is 13.6. The molecule has 2 aromatic carbocycles. The maximum atomic E-state index is 13.1. The summed E-state index contributed by atoms with van der Waals surface area (Å²) in [5.41, 5.74) is 4.49. The number of amides is 4. The summed E-state index contributed by atoms with van der Waals surface area (Å²) in [5, 5.41) is 6.02. The number of hydroxylamine groups is 2. The lowest BCUT2D eigenvalue weighted by Crippen LogP contribution is -2.48. The predicted octanol–water partition coefficient (Wildman–Crippen LogP) is 5.60. The average Bonchev–Trinajstić information content (AvgIpc) is 3.32. The van der Waals surface area contributed by atoms with E-state index in [1.165, 1.54) is 10.8 Å². The number of alkyl carbamates (subject to hydrolysis) is 1. The molecule has 2 aromatic rings. The van der Waals surface area contributed by atoms with Crippen LogP contribution < -0.4 is 10.6 Å². The Labute approximate surface area is 266 Å². The van der Waals surface area contributed by atoms with Crippen molar-refractivity contribution in [3.8, 4) is 11.1 Å². The van der Waals surface area contributed by atoms with Gasteiger partial charge in [0.05, 0.1) is 0 Å². The van der Waals surface area contributed by atoms with Crippen LogP contribution in [0.5, 0.6) is 0 Å². The van der Waals surface area contributed by atoms with E-state index in [-0.39, 0.29) is 42.4 Å². The molecule has 0 bridgehead atoms. The highest BCUT2D eigenvalue weighted by Gasteiger charge is 2.30. The lowest BCUT2D eigenvalue weighted by Gasteiger charge is -2.21. The lowest BCUT2D eigenvalue weighted by atomic mass is 9.98. The first-order valence-electron chi connectivity index (χ1n) is 14.7. The summed E-state index contributed by atoms with van der Waals surface area (Å²) < 4.78 is 5.64. The Hall–Kier alpha value is -3.51. The number of rotatable bonds is 15. The van der Waals surface area contributed by atoms with Crippen LogP contribution in [0.3, 0.4) is 0 Å². The van der Waals surface area contributed by atoms with E-state index in [0.717, 1.165) is 22.3 Å². The molecule has 0 spiro atoms. The van der Waals surface area contributed by atoms with E-state index < -0.39 is 24.0 Å². The van der Waals surface area contributed by atoms with Gasteiger partial charge in [0.2, 0.25) is 5.91 Å². The molecular weight excluding hydrogens is 603 g/mol. The minimum absolute atomic E-state index is 0.0246. The highest BCUT2D eigenvalue weighted by atomic mass is 33.1. The molecule has 1 atom stereocenters. The molecule has 4 amide bonds. The van der Waals surface area contributed by atoms with Crippen molar-refractivity contribution in [1.82, 2.24) is 15.7 Å². The second-order valence-corrected chi connectivity index (χ2v) is 14.4. The highest BCUT2D eigenvalue weighted by Crippen LogP contribution is 2.44. The van der Waals surface area contributed by atoms with Gasteiger partial charge in [-0.25, -0.2) is 9.59 Å². The van der Waals surface area contributed by atoms with E-state index >= 15 is 0 Å². The Bertz CT molecular complexity index is 1270. The van der Waals surface area contributed by atoms with E-state index in [4.69, 9.17) is 9.57 Å². The number of unbranched alkanes of at least 4 members (excludes halogenated alkanes) is 2. The van der Waals surface area contributed by atoms with Gasteiger partial charge in [-0.05, 0) is 35.1 Å². The minimum Gasteiger partial charge on any atom is -0.449 e. The van der Waals surface area contributed by atoms with Crippen LogP contribution in [0.15, 0.2) is 48.5 Å². The van der Waals surface area contributed by atoms with E-state index in [2.05, 4.69) is 43.5 Å². The molecule has 0 fully saturated rings. The number of hydrogen-bond donors (Lipinski definition) is 2. The minimum atomic E-state index is -0.800. The van der Waals surface area contributed by atoms with Crippen molar-refractivity contribution in [2.75, 3.05) is 18.9 Å². The largest absolute Gasteiger partial charge is 0.449 e. The summed E-state index contributed by atoms with van der Waals surface area (Å²) in [7, 11) is 3.13. The topological polar surface area (TPSA) is 131 Å². The maximum absolute atomic E-state index is 13.1. The molecule has 44 heavy (non-hydrogen) atoms. The number of nitrogens with one attached hydrogen (secondary N) is 2. The monoisotopic (exact) mass is 643 g/mol. The second-order valence-electron chi connectivity index (χ2n) is 11.2. The lowest BCUT2D eigenvalue weighted by molar-refractivity contribution is -0.196. The van der Waals surface area contributed by atoms with Crippen LogP contribution >= 0.6 is 21.6 Å². The number of benzene rings is 2. The SMILES string of the molecule is CCC(=O)N(C=O)OC(=O)CCCCCNC(=O)C(CSSC(C)(C)C)NC(=O)OCC1c2ccccc2-c2ccccc21. The van der Waals surface area contributed by atoms with E-state index in [1.54, 1.807) is 17.7 Å². The van der Waals surface area contributed by atoms with Gasteiger partial charge in [0, 0.05) is 35.8 Å². The summed E-state index contributed by atoms with van der Waals surface area (Å²) in [6.45, 7) is 8.28. The fourth-order valence-corrected chi connectivity index (χ4v) is 7.06. The number of carbonyl (C=O) groups is 5. The normalized spacial score (nSPS) is 12.8. The third-order valence-electron chi connectivity index (χ3n) is 6.70. The van der Waals surface area contributed by atoms with Gasteiger partial charge < -0.3 is 20.2 Å². The molecule has 12 heteroatoms. The molecule has 1 unspecified atom stereocenters. The number of fused-ring (bicyclic) bond motifs is 3. The van der Waals surface area contributed by atoms with Crippen molar-refractivity contribution in [3.63, 3.8) is 0 Å². The van der Waals surface area contributed by atoms with Crippen LogP contribution in [0.25, 0.3) is 11.1 Å². The summed E-state index contributed by atoms with van der Waals surface area (Å²) >= 11 is 0. The van der Waals surface area contributed by atoms with Gasteiger partial charge in [-0.3, -0.25) is 14.4 Å². The van der Waals surface area contributed by atoms with Crippen molar-refractivity contribution in [1.29, 1.82) is 0 Å². The van der Waals surface area contributed by atoms with E-state index in [9.17, 15) is 24.0 Å². The quantitative estimate of drug-likeness (QED) is 0.110. The van der Waals surface area contributed by atoms with Gasteiger partial charge in [-0.2, -0.15) is 0 Å². The number of nitrogens with zero attached hydrogens (tertiary/aromatic N) is 1. The summed E-state index contributed by atoms with van der Waals surface area (Å²) in [6.07, 6.45) is 1.24. The number of ether oxygens (including phenoxy) is 1. The molecule has 1 aliphatic rings. The van der Waals surface area contributed by atoms with Crippen molar-refractivity contribution in [3.05, 3.63) is 59.7 Å². The van der Waals surface area contributed by atoms with Crippen LogP contribution in [0.2, 0.25) is 0 Å². The first kappa shape index (κ1) is 35.0. The molecule has 3 rings (SSSR count). The smallest absolute Gasteiger partial charge is 0.407 e. The number of imide groups is 1. The highest BCUT2D eigenvalue weighted by molar-refractivity contribution is 8.77. The molecule has 0 radical (unpaired) electrons. The number of hydrogen-bond acceptors (Lipinski definition) is 9. The Balaban J connectivity index is 1.47. The average molecular weight is 644 g/mol. The predicted molar refractivity (Wildman–Crippen MR) is 173 cm³/mol. The zero-order chi connectivity index (χ0) is 32.1. The van der Waals surface area contributed by atoms with E-state index in [0.29, 0.717) is 36.6 Å². The summed E-state index contributed by atoms with van der Waals surface area (Å²) in [4.78, 5) is 65.1. The third-order valence-corrected chi connectivity index (χ3v) is 10.0. The first-order valence-corrected chi connectivity index (χ1v) is 17.0. The van der Waals surface area contributed by atoms with Gasteiger partial charge in [-0.15, -0.1) is 5.06 Å².